The molecule has 2 aromatic rings. The maximum absolute atomic E-state index is 6.21. The van der Waals surface area contributed by atoms with Crippen LogP contribution in [0.2, 0.25) is 0 Å². The fourth-order valence-corrected chi connectivity index (χ4v) is 2.80. The van der Waals surface area contributed by atoms with Crippen LogP contribution in [-0.2, 0) is 0 Å². The van der Waals surface area contributed by atoms with E-state index < -0.39 is 0 Å². The third kappa shape index (κ3) is 1.94. The van der Waals surface area contributed by atoms with Crippen molar-refractivity contribution in [3.05, 3.63) is 30.0 Å². The van der Waals surface area contributed by atoms with Crippen LogP contribution < -0.4 is 11.5 Å². The Balaban J connectivity index is 1.95. The largest absolute Gasteiger partial charge is 0.328 e. The summed E-state index contributed by atoms with van der Waals surface area (Å²) in [7, 11) is 0. The van der Waals surface area contributed by atoms with Gasteiger partial charge in [-0.1, -0.05) is 6.07 Å². The number of nitrogens with two attached hydrogens (primary N) is 2. The number of hydrogen-bond donors (Lipinski definition) is 3. The zero-order valence-electron chi connectivity index (χ0n) is 9.76. The van der Waals surface area contributed by atoms with E-state index in [2.05, 4.69) is 28.4 Å². The zero-order chi connectivity index (χ0) is 11.8. The smallest absolute Gasteiger partial charge is 0.0650 e. The Kier molecular flexibility index (Phi) is 2.61. The summed E-state index contributed by atoms with van der Waals surface area (Å²) in [5, 5.41) is 8.15. The molecule has 0 saturated heterocycles. The number of benzene rings is 1. The molecule has 4 nitrogen and oxygen atoms in total. The molecule has 0 bridgehead atoms. The van der Waals surface area contributed by atoms with Crippen LogP contribution in [0.1, 0.15) is 30.7 Å². The van der Waals surface area contributed by atoms with Crippen LogP contribution in [0.3, 0.4) is 0 Å². The van der Waals surface area contributed by atoms with E-state index in [1.165, 1.54) is 5.56 Å². The Hall–Kier alpha value is -1.39. The quantitative estimate of drug-likeness (QED) is 0.694. The minimum atomic E-state index is 0.235. The number of rotatable bonds is 1. The topological polar surface area (TPSA) is 80.7 Å². The molecule has 1 aliphatic carbocycles. The van der Waals surface area contributed by atoms with Crippen molar-refractivity contribution in [3.63, 3.8) is 0 Å². The molecule has 0 amide bonds. The van der Waals surface area contributed by atoms with Gasteiger partial charge in [-0.05, 0) is 37.0 Å². The molecule has 1 heterocycles. The monoisotopic (exact) mass is 230 g/mol. The molecule has 5 N–H and O–H groups in total. The highest BCUT2D eigenvalue weighted by atomic mass is 15.1. The second-order valence-corrected chi connectivity index (χ2v) is 5.06. The summed E-state index contributed by atoms with van der Waals surface area (Å²) >= 11 is 0. The Morgan fingerprint density at radius 3 is 3.00 bits per heavy atom. The van der Waals surface area contributed by atoms with E-state index in [0.717, 1.165) is 30.2 Å². The number of aromatic nitrogens is 2. The molecule has 1 aromatic heterocycles. The number of hydrogen-bond acceptors (Lipinski definition) is 3. The molecule has 1 saturated carbocycles. The predicted molar refractivity (Wildman–Crippen MR) is 68.6 cm³/mol. The average Bonchev–Trinajstić information content (AvgIpc) is 2.79. The van der Waals surface area contributed by atoms with E-state index in [9.17, 15) is 0 Å². The minimum Gasteiger partial charge on any atom is -0.328 e. The third-order valence-electron chi connectivity index (χ3n) is 3.84. The van der Waals surface area contributed by atoms with Gasteiger partial charge in [0.2, 0.25) is 0 Å². The third-order valence-corrected chi connectivity index (χ3v) is 3.84. The van der Waals surface area contributed by atoms with Crippen LogP contribution in [0.15, 0.2) is 24.4 Å². The van der Waals surface area contributed by atoms with Gasteiger partial charge in [-0.15, -0.1) is 0 Å². The van der Waals surface area contributed by atoms with Crippen molar-refractivity contribution in [1.82, 2.24) is 10.2 Å². The second-order valence-electron chi connectivity index (χ2n) is 5.06. The van der Waals surface area contributed by atoms with Crippen LogP contribution in [0.25, 0.3) is 10.9 Å². The first-order valence-corrected chi connectivity index (χ1v) is 6.18. The second kappa shape index (κ2) is 4.13. The van der Waals surface area contributed by atoms with E-state index in [-0.39, 0.29) is 6.04 Å². The summed E-state index contributed by atoms with van der Waals surface area (Å²) in [6.07, 6.45) is 4.92. The van der Waals surface area contributed by atoms with Crippen molar-refractivity contribution in [2.75, 3.05) is 0 Å². The summed E-state index contributed by atoms with van der Waals surface area (Å²) in [6.45, 7) is 0. The standard InChI is InChI=1S/C13H18N4/c14-10-2-3-12(15)11(6-10)8-1-4-13-9(5-8)7-16-17-13/h1,4-5,7,10-12H,2-3,6,14-15H2,(H,16,17). The van der Waals surface area contributed by atoms with Gasteiger partial charge < -0.3 is 11.5 Å². The number of fused-ring (bicyclic) bond motifs is 1. The lowest BCUT2D eigenvalue weighted by Gasteiger charge is -2.32. The lowest BCUT2D eigenvalue weighted by molar-refractivity contribution is 0.347. The van der Waals surface area contributed by atoms with Crippen LogP contribution in [0.5, 0.6) is 0 Å². The molecule has 1 aromatic carbocycles. The van der Waals surface area contributed by atoms with Crippen molar-refractivity contribution < 1.29 is 0 Å². The van der Waals surface area contributed by atoms with Gasteiger partial charge in [-0.3, -0.25) is 5.10 Å². The van der Waals surface area contributed by atoms with Gasteiger partial charge in [0, 0.05) is 23.4 Å². The van der Waals surface area contributed by atoms with Crippen LogP contribution in [0, 0.1) is 0 Å². The van der Waals surface area contributed by atoms with Crippen molar-refractivity contribution >= 4 is 10.9 Å². The fourth-order valence-electron chi connectivity index (χ4n) is 2.80. The first kappa shape index (κ1) is 10.7. The number of nitrogens with zero attached hydrogens (tertiary/aromatic N) is 1. The molecule has 17 heavy (non-hydrogen) atoms. The molecule has 3 atom stereocenters. The molecule has 3 rings (SSSR count). The Bertz CT molecular complexity index is 519. The highest BCUT2D eigenvalue weighted by molar-refractivity contribution is 5.78. The SMILES string of the molecule is NC1CCC(N)C(c2ccc3[nH]ncc3c2)C1. The van der Waals surface area contributed by atoms with Crippen molar-refractivity contribution in [2.24, 2.45) is 11.5 Å². The Morgan fingerprint density at radius 1 is 1.24 bits per heavy atom. The van der Waals surface area contributed by atoms with Crippen LogP contribution >= 0.6 is 0 Å². The van der Waals surface area contributed by atoms with Gasteiger partial charge in [0.25, 0.3) is 0 Å². The molecule has 3 unspecified atom stereocenters. The average molecular weight is 230 g/mol. The minimum absolute atomic E-state index is 0.235. The fraction of sp³-hybridized carbons (Fsp3) is 0.462. The highest BCUT2D eigenvalue weighted by Crippen LogP contribution is 2.32. The van der Waals surface area contributed by atoms with Crippen LogP contribution in [0.4, 0.5) is 0 Å². The van der Waals surface area contributed by atoms with Gasteiger partial charge in [0.15, 0.2) is 0 Å². The number of aromatic amines is 1. The molecule has 90 valence electrons. The molecule has 1 fully saturated rings. The van der Waals surface area contributed by atoms with Crippen molar-refractivity contribution in [3.8, 4) is 0 Å². The predicted octanol–water partition coefficient (Wildman–Crippen LogP) is 1.48. The van der Waals surface area contributed by atoms with Gasteiger partial charge in [-0.25, -0.2) is 0 Å². The number of nitrogens with one attached hydrogen (secondary N) is 1. The molecule has 1 aliphatic rings. The lowest BCUT2D eigenvalue weighted by Crippen LogP contribution is -2.39. The molecule has 0 radical (unpaired) electrons. The summed E-state index contributed by atoms with van der Waals surface area (Å²) in [5.74, 6) is 0.387. The first-order valence-electron chi connectivity index (χ1n) is 6.18. The molecule has 4 heteroatoms. The molecule has 0 spiro atoms. The maximum Gasteiger partial charge on any atom is 0.0650 e. The van der Waals surface area contributed by atoms with Gasteiger partial charge >= 0.3 is 0 Å². The summed E-state index contributed by atoms with van der Waals surface area (Å²) in [4.78, 5) is 0. The highest BCUT2D eigenvalue weighted by Gasteiger charge is 2.27. The van der Waals surface area contributed by atoms with E-state index in [0.29, 0.717) is 12.0 Å². The first-order chi connectivity index (χ1) is 8.24. The normalized spacial score (nSPS) is 29.6. The number of H-pyrrole nitrogens is 1. The van der Waals surface area contributed by atoms with Gasteiger partial charge in [0.05, 0.1) is 11.7 Å². The van der Waals surface area contributed by atoms with E-state index in [1.807, 2.05) is 6.20 Å². The van der Waals surface area contributed by atoms with E-state index in [1.54, 1.807) is 0 Å². The van der Waals surface area contributed by atoms with E-state index >= 15 is 0 Å². The van der Waals surface area contributed by atoms with Gasteiger partial charge in [-0.2, -0.15) is 5.10 Å². The Morgan fingerprint density at radius 2 is 2.12 bits per heavy atom. The maximum atomic E-state index is 6.21. The summed E-state index contributed by atoms with van der Waals surface area (Å²) in [5.41, 5.74) is 14.6. The lowest BCUT2D eigenvalue weighted by atomic mass is 9.78. The summed E-state index contributed by atoms with van der Waals surface area (Å²) < 4.78 is 0. The Labute approximate surface area is 100 Å². The van der Waals surface area contributed by atoms with E-state index in [4.69, 9.17) is 11.5 Å². The van der Waals surface area contributed by atoms with Crippen LogP contribution in [-0.4, -0.2) is 22.3 Å². The molecular formula is C13H18N4. The molecular weight excluding hydrogens is 212 g/mol. The van der Waals surface area contributed by atoms with Gasteiger partial charge in [0.1, 0.15) is 0 Å². The summed E-state index contributed by atoms with van der Waals surface area (Å²) in [6, 6.07) is 6.92. The van der Waals surface area contributed by atoms with Crippen molar-refractivity contribution in [2.45, 2.75) is 37.3 Å². The zero-order valence-corrected chi connectivity index (χ0v) is 9.76. The van der Waals surface area contributed by atoms with Crippen molar-refractivity contribution in [1.29, 1.82) is 0 Å². The molecule has 0 aliphatic heterocycles.